The van der Waals surface area contributed by atoms with Crippen molar-refractivity contribution < 1.29 is 14.3 Å². The van der Waals surface area contributed by atoms with E-state index in [2.05, 4.69) is 20.6 Å². The van der Waals surface area contributed by atoms with E-state index >= 15 is 0 Å². The zero-order chi connectivity index (χ0) is 23.5. The normalized spacial score (nSPS) is 16.4. The Hall–Kier alpha value is -2.87. The Labute approximate surface area is 190 Å². The van der Waals surface area contributed by atoms with Crippen LogP contribution in [0, 0.1) is 13.8 Å². The summed E-state index contributed by atoms with van der Waals surface area (Å²) in [6.07, 6.45) is 1.17. The third-order valence-corrected chi connectivity index (χ3v) is 5.72. The van der Waals surface area contributed by atoms with E-state index in [-0.39, 0.29) is 24.1 Å². The molecule has 0 spiro atoms. The molecular weight excluding hydrogens is 406 g/mol. The molecule has 1 aromatic heterocycles. The van der Waals surface area contributed by atoms with Crippen LogP contribution in [0.5, 0.6) is 0 Å². The van der Waals surface area contributed by atoms with Crippen LogP contribution in [0.2, 0.25) is 0 Å². The van der Waals surface area contributed by atoms with E-state index in [0.717, 1.165) is 48.7 Å². The first kappa shape index (κ1) is 23.8. The molecule has 1 atom stereocenters. The second-order valence-electron chi connectivity index (χ2n) is 9.41. The molecule has 2 heterocycles. The number of ether oxygens (including phenoxy) is 1. The Morgan fingerprint density at radius 2 is 1.75 bits per heavy atom. The number of para-hydroxylation sites is 1. The maximum Gasteiger partial charge on any atom is 0.407 e. The molecule has 3 rings (SSSR count). The van der Waals surface area contributed by atoms with Gasteiger partial charge < -0.3 is 15.4 Å². The monoisotopic (exact) mass is 441 g/mol. The van der Waals surface area contributed by atoms with Crippen molar-refractivity contribution in [1.82, 2.24) is 20.0 Å². The van der Waals surface area contributed by atoms with Crippen molar-refractivity contribution in [2.75, 3.05) is 18.4 Å². The number of likely N-dealkylation sites (tertiary alicyclic amines) is 1. The number of carbonyl (C=O) groups is 2. The second kappa shape index (κ2) is 9.73. The van der Waals surface area contributed by atoms with Crippen molar-refractivity contribution in [2.24, 2.45) is 0 Å². The molecule has 1 fully saturated rings. The fraction of sp³-hybridized carbons (Fsp3) is 0.542. The van der Waals surface area contributed by atoms with Gasteiger partial charge in [-0.15, -0.1) is 0 Å². The van der Waals surface area contributed by atoms with E-state index in [1.807, 2.05) is 76.6 Å². The number of benzene rings is 1. The van der Waals surface area contributed by atoms with Crippen LogP contribution in [-0.4, -0.2) is 57.5 Å². The van der Waals surface area contributed by atoms with Gasteiger partial charge in [-0.1, -0.05) is 18.2 Å². The summed E-state index contributed by atoms with van der Waals surface area (Å²) in [6.45, 7) is 12.8. The van der Waals surface area contributed by atoms with Gasteiger partial charge in [-0.25, -0.2) is 9.48 Å². The molecule has 0 saturated carbocycles. The highest BCUT2D eigenvalue weighted by atomic mass is 16.6. The van der Waals surface area contributed by atoms with Crippen LogP contribution in [0.25, 0.3) is 5.69 Å². The average Bonchev–Trinajstić information content (AvgIpc) is 3.01. The maximum atomic E-state index is 13.0. The van der Waals surface area contributed by atoms with Gasteiger partial charge in [0.1, 0.15) is 5.60 Å². The first-order valence-corrected chi connectivity index (χ1v) is 11.2. The number of alkyl carbamates (subject to hydrolysis) is 1. The van der Waals surface area contributed by atoms with Crippen LogP contribution in [0.1, 0.15) is 51.9 Å². The first-order chi connectivity index (χ1) is 15.0. The van der Waals surface area contributed by atoms with E-state index < -0.39 is 5.60 Å². The molecule has 1 aromatic carbocycles. The summed E-state index contributed by atoms with van der Waals surface area (Å²) < 4.78 is 7.19. The number of piperidine rings is 1. The Morgan fingerprint density at radius 1 is 1.12 bits per heavy atom. The first-order valence-electron chi connectivity index (χ1n) is 11.2. The molecule has 174 valence electrons. The van der Waals surface area contributed by atoms with Crippen LogP contribution >= 0.6 is 0 Å². The quantitative estimate of drug-likeness (QED) is 0.737. The summed E-state index contributed by atoms with van der Waals surface area (Å²) in [6, 6.07) is 9.65. The largest absolute Gasteiger partial charge is 0.444 e. The van der Waals surface area contributed by atoms with Crippen LogP contribution in [0.3, 0.4) is 0 Å². The summed E-state index contributed by atoms with van der Waals surface area (Å²) in [4.78, 5) is 27.1. The Balaban J connectivity index is 1.56. The number of aryl methyl sites for hydroxylation is 1. The molecule has 1 unspecified atom stereocenters. The molecular formula is C24H35N5O3. The third kappa shape index (κ3) is 5.88. The van der Waals surface area contributed by atoms with Gasteiger partial charge in [0.15, 0.2) is 0 Å². The van der Waals surface area contributed by atoms with Gasteiger partial charge in [0.2, 0.25) is 5.91 Å². The van der Waals surface area contributed by atoms with E-state index in [1.54, 1.807) is 0 Å². The van der Waals surface area contributed by atoms with Crippen molar-refractivity contribution >= 4 is 17.7 Å². The van der Waals surface area contributed by atoms with Gasteiger partial charge in [0, 0.05) is 19.1 Å². The summed E-state index contributed by atoms with van der Waals surface area (Å²) in [7, 11) is 0. The highest BCUT2D eigenvalue weighted by Crippen LogP contribution is 2.24. The molecule has 2 amide bonds. The zero-order valence-electron chi connectivity index (χ0n) is 19.9. The topological polar surface area (TPSA) is 88.5 Å². The lowest BCUT2D eigenvalue weighted by Crippen LogP contribution is -2.51. The number of anilines is 1. The summed E-state index contributed by atoms with van der Waals surface area (Å²) in [5.41, 5.74) is 2.89. The summed E-state index contributed by atoms with van der Waals surface area (Å²) >= 11 is 0. The van der Waals surface area contributed by atoms with Gasteiger partial charge >= 0.3 is 6.09 Å². The number of nitrogens with one attached hydrogen (secondary N) is 2. The van der Waals surface area contributed by atoms with E-state index in [9.17, 15) is 9.59 Å². The minimum Gasteiger partial charge on any atom is -0.444 e. The fourth-order valence-corrected chi connectivity index (χ4v) is 3.94. The van der Waals surface area contributed by atoms with E-state index in [0.29, 0.717) is 0 Å². The number of aromatic nitrogens is 2. The number of amides is 2. The molecule has 1 aliphatic rings. The Bertz CT molecular complexity index is 941. The molecule has 0 bridgehead atoms. The van der Waals surface area contributed by atoms with Crippen molar-refractivity contribution in [3.8, 4) is 5.69 Å². The number of nitrogens with zero attached hydrogens (tertiary/aromatic N) is 3. The number of hydrogen-bond acceptors (Lipinski definition) is 5. The highest BCUT2D eigenvalue weighted by Gasteiger charge is 2.29. The van der Waals surface area contributed by atoms with Crippen molar-refractivity contribution in [3.05, 3.63) is 41.7 Å². The lowest BCUT2D eigenvalue weighted by Gasteiger charge is -2.35. The van der Waals surface area contributed by atoms with Crippen LogP contribution < -0.4 is 10.6 Å². The summed E-state index contributed by atoms with van der Waals surface area (Å²) in [5.74, 6) is -0.0534. The van der Waals surface area contributed by atoms with Crippen LogP contribution in [0.4, 0.5) is 10.5 Å². The van der Waals surface area contributed by atoms with Gasteiger partial charge in [-0.3, -0.25) is 9.69 Å². The SMILES string of the molecule is Cc1nn(-c2ccccc2)c(C)c1NC(=O)C(C)N1CCC(NC(=O)OC(C)(C)C)CC1. The lowest BCUT2D eigenvalue weighted by molar-refractivity contribution is -0.121. The number of rotatable bonds is 5. The molecule has 32 heavy (non-hydrogen) atoms. The zero-order valence-corrected chi connectivity index (χ0v) is 19.9. The minimum absolute atomic E-state index is 0.0534. The van der Waals surface area contributed by atoms with Gasteiger partial charge in [-0.2, -0.15) is 5.10 Å². The molecule has 0 aliphatic carbocycles. The number of carbonyl (C=O) groups excluding carboxylic acids is 2. The van der Waals surface area contributed by atoms with Crippen molar-refractivity contribution in [2.45, 2.75) is 72.1 Å². The fourth-order valence-electron chi connectivity index (χ4n) is 3.94. The lowest BCUT2D eigenvalue weighted by atomic mass is 10.0. The second-order valence-corrected chi connectivity index (χ2v) is 9.41. The van der Waals surface area contributed by atoms with E-state index in [1.165, 1.54) is 0 Å². The minimum atomic E-state index is -0.512. The van der Waals surface area contributed by atoms with Crippen LogP contribution in [0.15, 0.2) is 30.3 Å². The predicted molar refractivity (Wildman–Crippen MR) is 125 cm³/mol. The predicted octanol–water partition coefficient (Wildman–Crippen LogP) is 3.81. The summed E-state index contributed by atoms with van der Waals surface area (Å²) in [5, 5.41) is 10.6. The Morgan fingerprint density at radius 3 is 2.34 bits per heavy atom. The molecule has 1 saturated heterocycles. The molecule has 2 N–H and O–H groups in total. The third-order valence-electron chi connectivity index (χ3n) is 5.72. The molecule has 2 aromatic rings. The number of hydrogen-bond donors (Lipinski definition) is 2. The standard InChI is InChI=1S/C24H35N5O3/c1-16-21(17(2)29(27-16)20-10-8-7-9-11-20)26-22(30)18(3)28-14-12-19(13-15-28)25-23(31)32-24(4,5)6/h7-11,18-19H,12-15H2,1-6H3,(H,25,31)(H,26,30). The highest BCUT2D eigenvalue weighted by molar-refractivity contribution is 5.95. The molecule has 8 heteroatoms. The molecule has 1 aliphatic heterocycles. The van der Waals surface area contributed by atoms with Gasteiger partial charge in [0.05, 0.1) is 28.8 Å². The smallest absolute Gasteiger partial charge is 0.407 e. The van der Waals surface area contributed by atoms with Gasteiger partial charge in [0.25, 0.3) is 0 Å². The molecule has 8 nitrogen and oxygen atoms in total. The van der Waals surface area contributed by atoms with Gasteiger partial charge in [-0.05, 0) is 66.5 Å². The van der Waals surface area contributed by atoms with Crippen LogP contribution in [-0.2, 0) is 9.53 Å². The average molecular weight is 442 g/mol. The van der Waals surface area contributed by atoms with E-state index in [4.69, 9.17) is 4.74 Å². The van der Waals surface area contributed by atoms with Crippen molar-refractivity contribution in [3.63, 3.8) is 0 Å². The molecule has 0 radical (unpaired) electrons. The maximum absolute atomic E-state index is 13.0. The Kier molecular flexibility index (Phi) is 7.23. The van der Waals surface area contributed by atoms with Crippen molar-refractivity contribution in [1.29, 1.82) is 0 Å².